The van der Waals surface area contributed by atoms with Gasteiger partial charge in [0.2, 0.25) is 0 Å². The second-order valence-electron chi connectivity index (χ2n) is 5.60. The molecule has 0 amide bonds. The molecule has 0 bridgehead atoms. The maximum absolute atomic E-state index is 10.4. The van der Waals surface area contributed by atoms with Gasteiger partial charge in [0, 0.05) is 6.04 Å². The highest BCUT2D eigenvalue weighted by molar-refractivity contribution is 5.28. The fraction of sp³-hybridized carbons (Fsp3) is 0.625. The highest BCUT2D eigenvalue weighted by atomic mass is 16.5. The lowest BCUT2D eigenvalue weighted by Gasteiger charge is -2.29. The summed E-state index contributed by atoms with van der Waals surface area (Å²) < 4.78 is 5.14. The van der Waals surface area contributed by atoms with E-state index in [1.165, 1.54) is 0 Å². The number of methoxy groups -OCH3 is 1. The maximum Gasteiger partial charge on any atom is 0.118 e. The molecule has 0 spiro atoms. The van der Waals surface area contributed by atoms with E-state index in [9.17, 15) is 5.11 Å². The number of rotatable bonds is 8. The number of hydrogen-bond donors (Lipinski definition) is 1. The molecule has 0 saturated carbocycles. The molecular formula is C16H28N2O2. The van der Waals surface area contributed by atoms with Crippen LogP contribution in [-0.2, 0) is 0 Å². The van der Waals surface area contributed by atoms with Crippen LogP contribution in [0.4, 0.5) is 0 Å². The molecule has 0 radical (unpaired) electrons. The predicted octanol–water partition coefficient (Wildman–Crippen LogP) is 2.00. The third-order valence-corrected chi connectivity index (χ3v) is 3.73. The van der Waals surface area contributed by atoms with E-state index in [1.54, 1.807) is 7.11 Å². The summed E-state index contributed by atoms with van der Waals surface area (Å²) in [6.07, 6.45) is 0.619. The molecule has 0 aliphatic carbocycles. The molecule has 4 nitrogen and oxygen atoms in total. The first-order valence-corrected chi connectivity index (χ1v) is 7.12. The summed E-state index contributed by atoms with van der Waals surface area (Å²) in [6, 6.07) is 7.71. The standard InChI is InChI=1S/C16H28N2O2/c1-13(18(4)12-6-11-17(2)3)16(19)14-7-9-15(20-5)10-8-14/h7-10,13,16,19H,6,11-12H2,1-5H3. The Kier molecular flexibility index (Phi) is 6.99. The monoisotopic (exact) mass is 280 g/mol. The zero-order chi connectivity index (χ0) is 15.1. The first-order chi connectivity index (χ1) is 9.45. The van der Waals surface area contributed by atoms with Crippen molar-refractivity contribution in [3.05, 3.63) is 29.8 Å². The Bertz CT molecular complexity index is 379. The van der Waals surface area contributed by atoms with Gasteiger partial charge < -0.3 is 19.6 Å². The fourth-order valence-corrected chi connectivity index (χ4v) is 2.16. The van der Waals surface area contributed by atoms with Gasteiger partial charge in [-0.2, -0.15) is 0 Å². The van der Waals surface area contributed by atoms with Crippen molar-refractivity contribution in [1.29, 1.82) is 0 Å². The zero-order valence-electron chi connectivity index (χ0n) is 13.3. The third-order valence-electron chi connectivity index (χ3n) is 3.73. The molecule has 114 valence electrons. The molecule has 0 aliphatic heterocycles. The lowest BCUT2D eigenvalue weighted by molar-refractivity contribution is 0.0710. The van der Waals surface area contributed by atoms with Crippen molar-refractivity contribution in [3.8, 4) is 5.75 Å². The van der Waals surface area contributed by atoms with Gasteiger partial charge in [0.15, 0.2) is 0 Å². The minimum absolute atomic E-state index is 0.0885. The van der Waals surface area contributed by atoms with E-state index in [2.05, 4.69) is 37.9 Å². The molecule has 1 N–H and O–H groups in total. The molecule has 0 heterocycles. The van der Waals surface area contributed by atoms with E-state index in [-0.39, 0.29) is 6.04 Å². The molecule has 20 heavy (non-hydrogen) atoms. The van der Waals surface area contributed by atoms with Crippen molar-refractivity contribution in [2.24, 2.45) is 0 Å². The molecule has 0 fully saturated rings. The van der Waals surface area contributed by atoms with E-state index in [0.29, 0.717) is 0 Å². The fourth-order valence-electron chi connectivity index (χ4n) is 2.16. The van der Waals surface area contributed by atoms with Crippen LogP contribution < -0.4 is 4.74 Å². The molecule has 0 aromatic heterocycles. The largest absolute Gasteiger partial charge is 0.497 e. The second-order valence-corrected chi connectivity index (χ2v) is 5.60. The molecule has 2 atom stereocenters. The number of aliphatic hydroxyl groups excluding tert-OH is 1. The number of aliphatic hydroxyl groups is 1. The average molecular weight is 280 g/mol. The van der Waals surface area contributed by atoms with Gasteiger partial charge in [0.25, 0.3) is 0 Å². The normalized spacial score (nSPS) is 14.6. The minimum atomic E-state index is -0.481. The van der Waals surface area contributed by atoms with Gasteiger partial charge in [0.05, 0.1) is 13.2 Å². The van der Waals surface area contributed by atoms with Gasteiger partial charge in [0.1, 0.15) is 5.75 Å². The Morgan fingerprint density at radius 1 is 1.10 bits per heavy atom. The van der Waals surface area contributed by atoms with Crippen molar-refractivity contribution >= 4 is 0 Å². The first kappa shape index (κ1) is 17.0. The molecule has 4 heteroatoms. The van der Waals surface area contributed by atoms with Crippen molar-refractivity contribution in [2.45, 2.75) is 25.5 Å². The van der Waals surface area contributed by atoms with E-state index >= 15 is 0 Å². The van der Waals surface area contributed by atoms with Crippen molar-refractivity contribution in [1.82, 2.24) is 9.80 Å². The van der Waals surface area contributed by atoms with Gasteiger partial charge in [-0.1, -0.05) is 12.1 Å². The zero-order valence-corrected chi connectivity index (χ0v) is 13.3. The van der Waals surface area contributed by atoms with Crippen LogP contribution in [0.25, 0.3) is 0 Å². The summed E-state index contributed by atoms with van der Waals surface area (Å²) in [5.41, 5.74) is 0.928. The summed E-state index contributed by atoms with van der Waals surface area (Å²) in [7, 11) is 7.87. The number of ether oxygens (including phenoxy) is 1. The summed E-state index contributed by atoms with van der Waals surface area (Å²) in [6.45, 7) is 4.10. The predicted molar refractivity (Wildman–Crippen MR) is 83.2 cm³/mol. The van der Waals surface area contributed by atoms with Crippen LogP contribution in [0.5, 0.6) is 5.75 Å². The molecular weight excluding hydrogens is 252 g/mol. The first-order valence-electron chi connectivity index (χ1n) is 7.12. The molecule has 2 unspecified atom stereocenters. The van der Waals surface area contributed by atoms with Crippen LogP contribution in [0, 0.1) is 0 Å². The Balaban J connectivity index is 2.53. The quantitative estimate of drug-likeness (QED) is 0.790. The second kappa shape index (κ2) is 8.25. The average Bonchev–Trinajstić information content (AvgIpc) is 2.45. The van der Waals surface area contributed by atoms with Crippen LogP contribution in [0.15, 0.2) is 24.3 Å². The Hall–Kier alpha value is -1.10. The number of nitrogens with zero attached hydrogens (tertiary/aromatic N) is 2. The molecule has 0 saturated heterocycles. The smallest absolute Gasteiger partial charge is 0.118 e. The van der Waals surface area contributed by atoms with E-state index in [0.717, 1.165) is 30.8 Å². The Morgan fingerprint density at radius 2 is 1.70 bits per heavy atom. The van der Waals surface area contributed by atoms with Crippen molar-refractivity contribution in [2.75, 3.05) is 41.3 Å². The molecule has 1 aromatic carbocycles. The summed E-state index contributed by atoms with van der Waals surface area (Å²) in [5, 5.41) is 10.4. The van der Waals surface area contributed by atoms with Crippen molar-refractivity contribution < 1.29 is 9.84 Å². The van der Waals surface area contributed by atoms with Gasteiger partial charge in [-0.25, -0.2) is 0 Å². The van der Waals surface area contributed by atoms with Crippen LogP contribution in [-0.4, -0.2) is 62.3 Å². The van der Waals surface area contributed by atoms with E-state index in [4.69, 9.17) is 4.74 Å². The highest BCUT2D eigenvalue weighted by Crippen LogP contribution is 2.22. The van der Waals surface area contributed by atoms with Gasteiger partial charge in [-0.3, -0.25) is 0 Å². The highest BCUT2D eigenvalue weighted by Gasteiger charge is 2.20. The Labute approximate surface area is 123 Å². The molecule has 1 rings (SSSR count). The number of benzene rings is 1. The van der Waals surface area contributed by atoms with E-state index in [1.807, 2.05) is 24.3 Å². The van der Waals surface area contributed by atoms with Gasteiger partial charge in [-0.05, 0) is 65.3 Å². The summed E-state index contributed by atoms with van der Waals surface area (Å²) >= 11 is 0. The van der Waals surface area contributed by atoms with Crippen LogP contribution >= 0.6 is 0 Å². The molecule has 0 aliphatic rings. The van der Waals surface area contributed by atoms with Crippen LogP contribution in [0.2, 0.25) is 0 Å². The Morgan fingerprint density at radius 3 is 2.20 bits per heavy atom. The van der Waals surface area contributed by atoms with Gasteiger partial charge in [-0.15, -0.1) is 0 Å². The minimum Gasteiger partial charge on any atom is -0.497 e. The third kappa shape index (κ3) is 5.12. The van der Waals surface area contributed by atoms with Crippen LogP contribution in [0.1, 0.15) is 25.0 Å². The van der Waals surface area contributed by atoms with Crippen molar-refractivity contribution in [3.63, 3.8) is 0 Å². The van der Waals surface area contributed by atoms with Crippen LogP contribution in [0.3, 0.4) is 0 Å². The molecule has 1 aromatic rings. The lowest BCUT2D eigenvalue weighted by atomic mass is 10.0. The van der Waals surface area contributed by atoms with E-state index < -0.39 is 6.10 Å². The summed E-state index contributed by atoms with van der Waals surface area (Å²) in [4.78, 5) is 4.39. The van der Waals surface area contributed by atoms with Gasteiger partial charge >= 0.3 is 0 Å². The summed E-state index contributed by atoms with van der Waals surface area (Å²) in [5.74, 6) is 0.813. The number of hydrogen-bond acceptors (Lipinski definition) is 4. The topological polar surface area (TPSA) is 35.9 Å². The number of likely N-dealkylation sites (N-methyl/N-ethyl adjacent to an activating group) is 1. The maximum atomic E-state index is 10.4. The lowest BCUT2D eigenvalue weighted by Crippen LogP contribution is -2.36. The SMILES string of the molecule is COc1ccc(C(O)C(C)N(C)CCCN(C)C)cc1.